The summed E-state index contributed by atoms with van der Waals surface area (Å²) in [7, 11) is -3.46. The average molecular weight is 632 g/mol. The third-order valence-electron chi connectivity index (χ3n) is 6.98. The molecule has 0 spiro atoms. The molecule has 1 atom stereocenters. The van der Waals surface area contributed by atoms with Gasteiger partial charge < -0.3 is 14.7 Å². The first-order valence-electron chi connectivity index (χ1n) is 12.9. The molecule has 0 fully saturated rings. The Morgan fingerprint density at radius 3 is 2.33 bits per heavy atom. The van der Waals surface area contributed by atoms with Gasteiger partial charge in [0.15, 0.2) is 5.69 Å². The Morgan fingerprint density at radius 1 is 1.09 bits per heavy atom. The highest BCUT2D eigenvalue weighted by molar-refractivity contribution is 7.89. The van der Waals surface area contributed by atoms with Crippen LogP contribution in [0.1, 0.15) is 47.1 Å². The second-order valence-electron chi connectivity index (χ2n) is 10.2. The Labute approximate surface area is 243 Å². The highest BCUT2D eigenvalue weighted by Gasteiger charge is 2.42. The van der Waals surface area contributed by atoms with Crippen LogP contribution in [0, 0.1) is 12.7 Å². The van der Waals surface area contributed by atoms with Crippen LogP contribution in [-0.4, -0.2) is 54.3 Å². The molecule has 0 unspecified atom stereocenters. The maximum absolute atomic E-state index is 14.4. The summed E-state index contributed by atoms with van der Waals surface area (Å²) in [4.78, 5) is 16.1. The predicted octanol–water partition coefficient (Wildman–Crippen LogP) is 6.40. The number of ether oxygens (including phenoxy) is 1. The first-order valence-corrected chi connectivity index (χ1v) is 14.3. The van der Waals surface area contributed by atoms with E-state index in [9.17, 15) is 44.7 Å². The maximum Gasteiger partial charge on any atom is 0.420 e. The fourth-order valence-corrected chi connectivity index (χ4v) is 6.25. The van der Waals surface area contributed by atoms with Gasteiger partial charge in [-0.3, -0.25) is 0 Å². The number of halogens is 6. The molecule has 1 aliphatic rings. The molecule has 1 N–H and O–H groups in total. The Morgan fingerprint density at radius 2 is 1.74 bits per heavy atom. The van der Waals surface area contributed by atoms with Crippen LogP contribution in [0.4, 0.5) is 37.7 Å². The monoisotopic (exact) mass is 631 g/mol. The summed E-state index contributed by atoms with van der Waals surface area (Å²) in [5.74, 6) is -6.15. The highest BCUT2D eigenvalue weighted by atomic mass is 32.2. The Balaban J connectivity index is 1.89. The normalized spacial score (nSPS) is 17.3. The van der Waals surface area contributed by atoms with Crippen LogP contribution >= 0.6 is 0 Å². The summed E-state index contributed by atoms with van der Waals surface area (Å²) in [6.07, 6.45) is -6.10. The molecule has 0 saturated carbocycles. The number of carboxylic acids is 1. The molecule has 0 amide bonds. The van der Waals surface area contributed by atoms with Crippen molar-refractivity contribution in [2.75, 3.05) is 18.5 Å². The number of pyridine rings is 1. The minimum atomic E-state index is -5.06. The number of fused-ring (bicyclic) bond motifs is 1. The van der Waals surface area contributed by atoms with Crippen LogP contribution < -0.4 is 9.64 Å². The lowest BCUT2D eigenvalue weighted by atomic mass is 10.1. The number of hydrogen-bond donors (Lipinski definition) is 1. The van der Waals surface area contributed by atoms with E-state index in [4.69, 9.17) is 4.74 Å². The van der Waals surface area contributed by atoms with Crippen molar-refractivity contribution in [3.05, 3.63) is 76.9 Å². The van der Waals surface area contributed by atoms with E-state index in [-0.39, 0.29) is 24.2 Å². The van der Waals surface area contributed by atoms with Crippen LogP contribution in [0.3, 0.4) is 0 Å². The molecule has 1 aromatic heterocycles. The largest absolute Gasteiger partial charge is 0.488 e. The van der Waals surface area contributed by atoms with Gasteiger partial charge in [-0.1, -0.05) is 6.07 Å². The van der Waals surface area contributed by atoms with Crippen LogP contribution in [0.25, 0.3) is 0 Å². The van der Waals surface area contributed by atoms with Gasteiger partial charge in [-0.2, -0.15) is 17.5 Å². The number of nitrogens with zero attached hydrogens (tertiary/aromatic N) is 3. The Bertz CT molecular complexity index is 1630. The molecule has 4 rings (SSSR count). The maximum atomic E-state index is 14.4. The number of aromatic nitrogens is 1. The SMILES string of the molecule is Cc1ccc(COc2cc3c(cc2C(F)(F)F)N(c2ccc(F)cc2)C[C@@H](CCC(C)(F)F)N(C)S3(=O)=O)c(C(=O)O)n1. The molecule has 0 bridgehead atoms. The number of alkyl halides is 5. The van der Waals surface area contributed by atoms with Crippen LogP contribution in [0.15, 0.2) is 53.4 Å². The van der Waals surface area contributed by atoms with Gasteiger partial charge >= 0.3 is 12.1 Å². The van der Waals surface area contributed by atoms with E-state index in [1.54, 1.807) is 0 Å². The molecule has 0 aliphatic carbocycles. The van der Waals surface area contributed by atoms with Gasteiger partial charge in [-0.05, 0) is 56.7 Å². The number of rotatable bonds is 8. The van der Waals surface area contributed by atoms with Crippen molar-refractivity contribution in [1.29, 1.82) is 0 Å². The molecular weight excluding hydrogens is 604 g/mol. The molecule has 3 aromatic rings. The summed E-state index contributed by atoms with van der Waals surface area (Å²) < 4.78 is 118. The molecule has 0 radical (unpaired) electrons. The number of aryl methyl sites for hydroxylation is 1. The van der Waals surface area contributed by atoms with Crippen LogP contribution in [0.2, 0.25) is 0 Å². The van der Waals surface area contributed by atoms with Gasteiger partial charge in [0.05, 0.1) is 11.3 Å². The second-order valence-corrected chi connectivity index (χ2v) is 12.2. The summed E-state index contributed by atoms with van der Waals surface area (Å²) >= 11 is 0. The van der Waals surface area contributed by atoms with E-state index < -0.39 is 80.6 Å². The molecule has 0 saturated heterocycles. The van der Waals surface area contributed by atoms with Gasteiger partial charge in [-0.25, -0.2) is 31.4 Å². The van der Waals surface area contributed by atoms with E-state index in [1.807, 2.05) is 0 Å². The summed E-state index contributed by atoms with van der Waals surface area (Å²) in [5.41, 5.74) is -1.84. The average Bonchev–Trinajstić information content (AvgIpc) is 2.98. The number of likely N-dealkylation sites (N-methyl/N-ethyl adjacent to an activating group) is 1. The number of carboxylic acid groups (broad SMARTS) is 1. The van der Waals surface area contributed by atoms with Crippen molar-refractivity contribution < 1.29 is 49.4 Å². The Kier molecular flexibility index (Phi) is 8.71. The predicted molar refractivity (Wildman–Crippen MR) is 144 cm³/mol. The molecule has 15 heteroatoms. The lowest BCUT2D eigenvalue weighted by Gasteiger charge is -2.30. The zero-order valence-corrected chi connectivity index (χ0v) is 23.9. The van der Waals surface area contributed by atoms with Crippen molar-refractivity contribution in [2.24, 2.45) is 0 Å². The van der Waals surface area contributed by atoms with E-state index >= 15 is 0 Å². The van der Waals surface area contributed by atoms with E-state index in [2.05, 4.69) is 4.98 Å². The summed E-state index contributed by atoms with van der Waals surface area (Å²) in [6, 6.07) is 7.43. The van der Waals surface area contributed by atoms with Crippen molar-refractivity contribution in [1.82, 2.24) is 9.29 Å². The molecule has 2 aromatic carbocycles. The van der Waals surface area contributed by atoms with Crippen LogP contribution in [0.5, 0.6) is 5.75 Å². The van der Waals surface area contributed by atoms with E-state index in [1.165, 1.54) is 36.1 Å². The van der Waals surface area contributed by atoms with Crippen molar-refractivity contribution in [3.63, 3.8) is 0 Å². The molecule has 2 heterocycles. The van der Waals surface area contributed by atoms with Crippen molar-refractivity contribution in [2.45, 2.75) is 56.3 Å². The lowest BCUT2D eigenvalue weighted by molar-refractivity contribution is -0.139. The number of anilines is 2. The number of sulfonamides is 1. The van der Waals surface area contributed by atoms with E-state index in [0.29, 0.717) is 24.8 Å². The first kappa shape index (κ1) is 32.1. The number of aromatic carboxylic acids is 1. The quantitative estimate of drug-likeness (QED) is 0.287. The minimum absolute atomic E-state index is 0.0605. The molecule has 1 aliphatic heterocycles. The van der Waals surface area contributed by atoms with E-state index in [0.717, 1.165) is 23.5 Å². The third-order valence-corrected chi connectivity index (χ3v) is 8.92. The number of hydrogen-bond acceptors (Lipinski definition) is 6. The minimum Gasteiger partial charge on any atom is -0.488 e. The molecular formula is C28H27F6N3O5S. The number of benzene rings is 2. The van der Waals surface area contributed by atoms with Crippen molar-refractivity contribution in [3.8, 4) is 5.75 Å². The number of carbonyl (C=O) groups is 1. The zero-order valence-electron chi connectivity index (χ0n) is 23.1. The molecule has 8 nitrogen and oxygen atoms in total. The van der Waals surface area contributed by atoms with Gasteiger partial charge in [0.1, 0.15) is 23.1 Å². The fourth-order valence-electron chi connectivity index (χ4n) is 4.69. The Hall–Kier alpha value is -3.85. The third kappa shape index (κ3) is 7.04. The van der Waals surface area contributed by atoms with Gasteiger partial charge in [-0.15, -0.1) is 0 Å². The lowest BCUT2D eigenvalue weighted by Crippen LogP contribution is -2.41. The van der Waals surface area contributed by atoms with Crippen molar-refractivity contribution >= 4 is 27.4 Å². The fraction of sp³-hybridized carbons (Fsp3) is 0.357. The summed E-state index contributed by atoms with van der Waals surface area (Å²) in [6.45, 7) is 1.18. The molecule has 43 heavy (non-hydrogen) atoms. The van der Waals surface area contributed by atoms with Crippen LogP contribution in [-0.2, 0) is 22.8 Å². The van der Waals surface area contributed by atoms with Gasteiger partial charge in [0, 0.05) is 49.1 Å². The summed E-state index contributed by atoms with van der Waals surface area (Å²) in [5, 5.41) is 9.47. The smallest absolute Gasteiger partial charge is 0.420 e. The first-order chi connectivity index (χ1) is 19.9. The highest BCUT2D eigenvalue weighted by Crippen LogP contribution is 2.46. The second kappa shape index (κ2) is 11.7. The zero-order chi connectivity index (χ0) is 31.9. The van der Waals surface area contributed by atoms with Gasteiger partial charge in [0.25, 0.3) is 0 Å². The molecule has 232 valence electrons. The standard InChI is InChI=1S/C28H27F6N3O5S/c1-16-4-5-17(25(35-16)26(38)39)15-42-23-13-24-22(12-21(23)28(32,33)34)37(19-8-6-18(29)7-9-19)14-20(10-11-27(2,30)31)36(3)43(24,40)41/h4-9,12-13,20H,10-11,14-15H2,1-3H3,(H,38,39)/t20-/m1/s1. The topological polar surface area (TPSA) is 100 Å². The van der Waals surface area contributed by atoms with Gasteiger partial charge in [0.2, 0.25) is 15.9 Å².